The Labute approximate surface area is 131 Å². The molecular formula is C16H25N3OS. The molecule has 3 heterocycles. The fourth-order valence-corrected chi connectivity index (χ4v) is 3.42. The maximum atomic E-state index is 5.59. The number of anilines is 1. The number of hydrogen-bond donors (Lipinski definition) is 1. The Morgan fingerprint density at radius 2 is 2.19 bits per heavy atom. The Bertz CT molecular complexity index is 471. The second kappa shape index (κ2) is 6.99. The van der Waals surface area contributed by atoms with Crippen molar-refractivity contribution in [2.45, 2.75) is 24.5 Å². The molecule has 2 fully saturated rings. The first-order valence-corrected chi connectivity index (χ1v) is 9.15. The Kier molecular flexibility index (Phi) is 5.03. The lowest BCUT2D eigenvalue weighted by Gasteiger charge is -2.31. The third-order valence-corrected chi connectivity index (χ3v) is 5.43. The fraction of sp³-hybridized carbons (Fsp3) is 0.688. The number of piperazine rings is 1. The van der Waals surface area contributed by atoms with E-state index in [4.69, 9.17) is 9.72 Å². The molecule has 3 rings (SSSR count). The number of nitrogens with one attached hydrogen (secondary N) is 1. The number of pyridine rings is 1. The van der Waals surface area contributed by atoms with E-state index in [-0.39, 0.29) is 0 Å². The monoisotopic (exact) mass is 307 g/mol. The van der Waals surface area contributed by atoms with E-state index in [1.165, 1.54) is 17.1 Å². The summed E-state index contributed by atoms with van der Waals surface area (Å²) in [5.41, 5.74) is 2.57. The van der Waals surface area contributed by atoms with Crippen LogP contribution in [0.1, 0.15) is 35.8 Å². The zero-order valence-electron chi connectivity index (χ0n) is 13.0. The van der Waals surface area contributed by atoms with Crippen LogP contribution >= 0.6 is 11.8 Å². The minimum Gasteiger partial charge on any atom is -0.381 e. The van der Waals surface area contributed by atoms with Crippen molar-refractivity contribution in [3.63, 3.8) is 0 Å². The van der Waals surface area contributed by atoms with Crippen LogP contribution in [0.4, 0.5) is 5.82 Å². The van der Waals surface area contributed by atoms with Crippen molar-refractivity contribution in [2.24, 2.45) is 0 Å². The van der Waals surface area contributed by atoms with Gasteiger partial charge in [-0.25, -0.2) is 4.98 Å². The van der Waals surface area contributed by atoms with Crippen molar-refractivity contribution >= 4 is 17.6 Å². The molecule has 2 saturated heterocycles. The largest absolute Gasteiger partial charge is 0.381 e. The lowest BCUT2D eigenvalue weighted by Crippen LogP contribution is -2.44. The molecule has 21 heavy (non-hydrogen) atoms. The number of aromatic nitrogens is 1. The molecule has 2 unspecified atom stereocenters. The summed E-state index contributed by atoms with van der Waals surface area (Å²) >= 11 is 1.85. The van der Waals surface area contributed by atoms with Crippen LogP contribution in [-0.2, 0) is 4.74 Å². The molecule has 0 aromatic carbocycles. The molecule has 0 bridgehead atoms. The van der Waals surface area contributed by atoms with Crippen LogP contribution in [0.15, 0.2) is 12.1 Å². The van der Waals surface area contributed by atoms with E-state index < -0.39 is 0 Å². The van der Waals surface area contributed by atoms with E-state index >= 15 is 0 Å². The summed E-state index contributed by atoms with van der Waals surface area (Å²) in [4.78, 5) is 7.48. The van der Waals surface area contributed by atoms with Crippen LogP contribution in [0.5, 0.6) is 0 Å². The maximum Gasteiger partial charge on any atom is 0.132 e. The van der Waals surface area contributed by atoms with Gasteiger partial charge in [-0.3, -0.25) is 0 Å². The molecule has 1 aromatic heterocycles. The highest BCUT2D eigenvalue weighted by molar-refractivity contribution is 7.98. The van der Waals surface area contributed by atoms with Crippen molar-refractivity contribution in [1.29, 1.82) is 0 Å². The quantitative estimate of drug-likeness (QED) is 0.924. The summed E-state index contributed by atoms with van der Waals surface area (Å²) in [6, 6.07) is 4.51. The normalized spacial score (nSPS) is 24.3. The third kappa shape index (κ3) is 3.35. The fourth-order valence-electron chi connectivity index (χ4n) is 3.05. The molecular weight excluding hydrogens is 282 g/mol. The van der Waals surface area contributed by atoms with Gasteiger partial charge in [0.1, 0.15) is 5.82 Å². The van der Waals surface area contributed by atoms with Gasteiger partial charge in [0.2, 0.25) is 0 Å². The van der Waals surface area contributed by atoms with Crippen molar-refractivity contribution in [2.75, 3.05) is 50.5 Å². The van der Waals surface area contributed by atoms with Gasteiger partial charge in [-0.2, -0.15) is 11.8 Å². The molecule has 4 nitrogen and oxygen atoms in total. The number of nitrogens with zero attached hydrogens (tertiary/aromatic N) is 2. The molecule has 2 atom stereocenters. The highest BCUT2D eigenvalue weighted by atomic mass is 32.2. The van der Waals surface area contributed by atoms with Crippen LogP contribution in [0.3, 0.4) is 0 Å². The average Bonchev–Trinajstić information content (AvgIpc) is 3.08. The molecule has 5 heteroatoms. The van der Waals surface area contributed by atoms with Crippen LogP contribution in [-0.4, -0.2) is 50.6 Å². The van der Waals surface area contributed by atoms with Gasteiger partial charge >= 0.3 is 0 Å². The van der Waals surface area contributed by atoms with E-state index in [0.29, 0.717) is 11.2 Å². The minimum atomic E-state index is 0.445. The molecule has 0 radical (unpaired) electrons. The summed E-state index contributed by atoms with van der Waals surface area (Å²) in [6.45, 7) is 8.14. The van der Waals surface area contributed by atoms with Crippen molar-refractivity contribution < 1.29 is 4.74 Å². The van der Waals surface area contributed by atoms with Crippen molar-refractivity contribution in [1.82, 2.24) is 10.3 Å². The third-order valence-electron chi connectivity index (χ3n) is 4.48. The van der Waals surface area contributed by atoms with Crippen LogP contribution in [0, 0.1) is 0 Å². The Hall–Kier alpha value is -0.780. The maximum absolute atomic E-state index is 5.59. The van der Waals surface area contributed by atoms with Gasteiger partial charge in [-0.15, -0.1) is 0 Å². The number of rotatable bonds is 4. The molecule has 0 amide bonds. The van der Waals surface area contributed by atoms with E-state index in [0.717, 1.165) is 45.8 Å². The lowest BCUT2D eigenvalue weighted by atomic mass is 9.98. The number of hydrogen-bond acceptors (Lipinski definition) is 5. The number of thioether (sulfide) groups is 1. The zero-order valence-corrected chi connectivity index (χ0v) is 13.8. The lowest BCUT2D eigenvalue weighted by molar-refractivity contribution is 0.194. The van der Waals surface area contributed by atoms with E-state index in [1.807, 2.05) is 11.8 Å². The first-order valence-electron chi connectivity index (χ1n) is 7.86. The Balaban J connectivity index is 1.93. The molecule has 116 valence electrons. The predicted molar refractivity (Wildman–Crippen MR) is 89.4 cm³/mol. The van der Waals surface area contributed by atoms with Gasteiger partial charge in [-0.05, 0) is 25.7 Å². The summed E-state index contributed by atoms with van der Waals surface area (Å²) in [5, 5.41) is 3.87. The second-order valence-corrected chi connectivity index (χ2v) is 7.00. The van der Waals surface area contributed by atoms with Crippen LogP contribution in [0.2, 0.25) is 0 Å². The highest BCUT2D eigenvalue weighted by Crippen LogP contribution is 2.34. The minimum absolute atomic E-state index is 0.445. The molecule has 1 aromatic rings. The van der Waals surface area contributed by atoms with Crippen molar-refractivity contribution in [3.05, 3.63) is 23.4 Å². The van der Waals surface area contributed by atoms with Gasteiger partial charge < -0.3 is 15.0 Å². The summed E-state index contributed by atoms with van der Waals surface area (Å²) < 4.78 is 5.59. The molecule has 2 aliphatic rings. The number of ether oxygens (including phenoxy) is 1. The summed E-state index contributed by atoms with van der Waals surface area (Å²) in [6.07, 6.45) is 3.27. The topological polar surface area (TPSA) is 37.4 Å². The van der Waals surface area contributed by atoms with Gasteiger partial charge in [0.25, 0.3) is 0 Å². The molecule has 0 aliphatic carbocycles. The molecule has 1 N–H and O–H groups in total. The van der Waals surface area contributed by atoms with Crippen LogP contribution in [0.25, 0.3) is 0 Å². The first-order chi connectivity index (χ1) is 10.3. The van der Waals surface area contributed by atoms with E-state index in [1.54, 1.807) is 0 Å². The molecule has 0 spiro atoms. The smallest absolute Gasteiger partial charge is 0.132 e. The first kappa shape index (κ1) is 15.1. The summed E-state index contributed by atoms with van der Waals surface area (Å²) in [5.74, 6) is 1.71. The van der Waals surface area contributed by atoms with Gasteiger partial charge in [-0.1, -0.05) is 6.07 Å². The standard InChI is InChI=1S/C16H25N3OS/c1-12(21-2)15-4-3-14(13-5-10-20-11-13)16(18-15)19-8-6-17-7-9-19/h3-4,12-13,17H,5-11H2,1-2H3. The van der Waals surface area contributed by atoms with Crippen molar-refractivity contribution in [3.8, 4) is 0 Å². The Morgan fingerprint density at radius 1 is 1.38 bits per heavy atom. The molecule has 2 aliphatic heterocycles. The predicted octanol–water partition coefficient (Wildman–Crippen LogP) is 2.42. The average molecular weight is 307 g/mol. The SMILES string of the molecule is CSC(C)c1ccc(C2CCOC2)c(N2CCNCC2)n1. The van der Waals surface area contributed by atoms with E-state index in [2.05, 4.69) is 35.5 Å². The van der Waals surface area contributed by atoms with Gasteiger partial charge in [0.05, 0.1) is 12.3 Å². The summed E-state index contributed by atoms with van der Waals surface area (Å²) in [7, 11) is 0. The van der Waals surface area contributed by atoms with Gasteiger partial charge in [0.15, 0.2) is 0 Å². The van der Waals surface area contributed by atoms with E-state index in [9.17, 15) is 0 Å². The highest BCUT2D eigenvalue weighted by Gasteiger charge is 2.25. The second-order valence-electron chi connectivity index (χ2n) is 5.82. The van der Waals surface area contributed by atoms with Crippen LogP contribution < -0.4 is 10.2 Å². The Morgan fingerprint density at radius 3 is 2.86 bits per heavy atom. The zero-order chi connectivity index (χ0) is 14.7. The molecule has 0 saturated carbocycles. The van der Waals surface area contributed by atoms with Gasteiger partial charge in [0, 0.05) is 49.5 Å².